The van der Waals surface area contributed by atoms with Crippen molar-refractivity contribution in [1.82, 2.24) is 4.90 Å². The molecule has 110 valence electrons. The highest BCUT2D eigenvalue weighted by molar-refractivity contribution is 7.99. The lowest BCUT2D eigenvalue weighted by molar-refractivity contribution is -0.133. The second-order valence-electron chi connectivity index (χ2n) is 5.38. The van der Waals surface area contributed by atoms with E-state index in [0.29, 0.717) is 11.3 Å². The first-order chi connectivity index (χ1) is 9.63. The van der Waals surface area contributed by atoms with E-state index >= 15 is 0 Å². The van der Waals surface area contributed by atoms with Gasteiger partial charge in [0.1, 0.15) is 6.04 Å². The third-order valence-corrected chi connectivity index (χ3v) is 5.31. The van der Waals surface area contributed by atoms with Gasteiger partial charge in [-0.15, -0.1) is 0 Å². The van der Waals surface area contributed by atoms with Crippen molar-refractivity contribution in [3.05, 3.63) is 35.9 Å². The van der Waals surface area contributed by atoms with Crippen molar-refractivity contribution in [3.63, 3.8) is 0 Å². The van der Waals surface area contributed by atoms with E-state index < -0.39 is 6.04 Å². The quantitative estimate of drug-likeness (QED) is 0.907. The van der Waals surface area contributed by atoms with Crippen molar-refractivity contribution in [2.24, 2.45) is 5.73 Å². The average Bonchev–Trinajstić information content (AvgIpc) is 2.95. The Morgan fingerprint density at radius 1 is 1.40 bits per heavy atom. The van der Waals surface area contributed by atoms with Gasteiger partial charge in [0.15, 0.2) is 0 Å². The number of nitrogens with two attached hydrogens (primary N) is 1. The monoisotopic (exact) mass is 292 g/mol. The zero-order valence-corrected chi connectivity index (χ0v) is 13.1. The summed E-state index contributed by atoms with van der Waals surface area (Å²) >= 11 is 2.01. The van der Waals surface area contributed by atoms with E-state index in [1.807, 2.05) is 54.0 Å². The van der Waals surface area contributed by atoms with Crippen molar-refractivity contribution >= 4 is 17.7 Å². The fourth-order valence-electron chi connectivity index (χ4n) is 2.86. The molecule has 1 fully saturated rings. The third kappa shape index (κ3) is 3.55. The number of carbonyl (C=O) groups is 1. The Labute approximate surface area is 125 Å². The molecule has 0 heterocycles. The molecule has 1 aromatic carbocycles. The summed E-state index contributed by atoms with van der Waals surface area (Å²) in [5.74, 6) is 1.18. The fourth-order valence-corrected chi connectivity index (χ4v) is 3.99. The lowest BCUT2D eigenvalue weighted by atomic mass is 10.1. The smallest absolute Gasteiger partial charge is 0.244 e. The van der Waals surface area contributed by atoms with Crippen molar-refractivity contribution in [2.75, 3.05) is 12.8 Å². The van der Waals surface area contributed by atoms with Crippen LogP contribution >= 0.6 is 11.8 Å². The average molecular weight is 292 g/mol. The number of likely N-dealkylation sites (N-methyl/N-ethyl adjacent to an activating group) is 1. The zero-order valence-electron chi connectivity index (χ0n) is 12.3. The summed E-state index contributed by atoms with van der Waals surface area (Å²) in [6.45, 7) is 2.19. The third-order valence-electron chi connectivity index (χ3n) is 4.08. The maximum Gasteiger partial charge on any atom is 0.244 e. The van der Waals surface area contributed by atoms with Crippen molar-refractivity contribution in [1.29, 1.82) is 0 Å². The lowest BCUT2D eigenvalue weighted by Gasteiger charge is -2.27. The number of hydrogen-bond donors (Lipinski definition) is 1. The predicted octanol–water partition coefficient (Wildman–Crippen LogP) is 2.82. The number of benzene rings is 1. The molecular weight excluding hydrogens is 268 g/mol. The fraction of sp³-hybridized carbons (Fsp3) is 0.562. The van der Waals surface area contributed by atoms with Crippen LogP contribution in [0.5, 0.6) is 0 Å². The van der Waals surface area contributed by atoms with Crippen molar-refractivity contribution in [3.8, 4) is 0 Å². The van der Waals surface area contributed by atoms with E-state index in [2.05, 4.69) is 6.92 Å². The van der Waals surface area contributed by atoms with Gasteiger partial charge in [0.05, 0.1) is 0 Å². The number of carbonyl (C=O) groups excluding carboxylic acids is 1. The summed E-state index contributed by atoms with van der Waals surface area (Å²) in [6, 6.07) is 9.42. The Hall–Kier alpha value is -1.00. The first-order valence-electron chi connectivity index (χ1n) is 7.32. The summed E-state index contributed by atoms with van der Waals surface area (Å²) in [5, 5.41) is 0.702. The number of nitrogens with zero attached hydrogens (tertiary/aromatic N) is 1. The molecule has 0 unspecified atom stereocenters. The van der Waals surface area contributed by atoms with Crippen molar-refractivity contribution < 1.29 is 4.79 Å². The molecule has 0 aromatic heterocycles. The van der Waals surface area contributed by atoms with Gasteiger partial charge in [0.2, 0.25) is 5.91 Å². The molecule has 1 amide bonds. The van der Waals surface area contributed by atoms with Gasteiger partial charge >= 0.3 is 0 Å². The van der Waals surface area contributed by atoms with Gasteiger partial charge in [-0.2, -0.15) is 11.8 Å². The summed E-state index contributed by atoms with van der Waals surface area (Å²) in [7, 11) is 1.90. The van der Waals surface area contributed by atoms with E-state index in [1.165, 1.54) is 6.42 Å². The molecule has 0 aliphatic heterocycles. The van der Waals surface area contributed by atoms with E-state index in [0.717, 1.165) is 24.2 Å². The maximum absolute atomic E-state index is 12.5. The van der Waals surface area contributed by atoms with Gasteiger partial charge in [0.25, 0.3) is 0 Å². The van der Waals surface area contributed by atoms with Gasteiger partial charge in [-0.1, -0.05) is 37.3 Å². The molecule has 1 aliphatic carbocycles. The standard InChI is InChI=1S/C16H24N2OS/c1-3-20-14-10-9-13(11-14)18(2)16(19)15(17)12-7-5-4-6-8-12/h4-8,13-15H,3,9-11,17H2,1-2H3/t13-,14+,15-/m0/s1. The number of amides is 1. The van der Waals surface area contributed by atoms with Gasteiger partial charge in [-0.3, -0.25) is 4.79 Å². The van der Waals surface area contributed by atoms with Crippen molar-refractivity contribution in [2.45, 2.75) is 43.5 Å². The summed E-state index contributed by atoms with van der Waals surface area (Å²) in [5.41, 5.74) is 6.99. The largest absolute Gasteiger partial charge is 0.341 e. The Bertz CT molecular complexity index is 437. The Morgan fingerprint density at radius 2 is 2.10 bits per heavy atom. The molecule has 2 rings (SSSR count). The van der Waals surface area contributed by atoms with Gasteiger partial charge in [0, 0.05) is 18.3 Å². The topological polar surface area (TPSA) is 46.3 Å². The molecule has 3 atom stereocenters. The minimum atomic E-state index is -0.543. The lowest BCUT2D eigenvalue weighted by Crippen LogP contribution is -2.41. The molecule has 1 aliphatic rings. The van der Waals surface area contributed by atoms with Crippen LogP contribution in [0.25, 0.3) is 0 Å². The van der Waals surface area contributed by atoms with E-state index in [9.17, 15) is 4.79 Å². The van der Waals surface area contributed by atoms with Crippen LogP contribution in [0.15, 0.2) is 30.3 Å². The normalized spacial score (nSPS) is 23.6. The maximum atomic E-state index is 12.5. The minimum Gasteiger partial charge on any atom is -0.341 e. The zero-order chi connectivity index (χ0) is 14.5. The van der Waals surface area contributed by atoms with Crippen LogP contribution < -0.4 is 5.73 Å². The Kier molecular flexibility index (Phi) is 5.49. The van der Waals surface area contributed by atoms with Crippen LogP contribution in [0.4, 0.5) is 0 Å². The predicted molar refractivity (Wildman–Crippen MR) is 85.7 cm³/mol. The number of hydrogen-bond acceptors (Lipinski definition) is 3. The summed E-state index contributed by atoms with van der Waals surface area (Å²) in [6.07, 6.45) is 3.41. The van der Waals surface area contributed by atoms with E-state index in [-0.39, 0.29) is 5.91 Å². The number of rotatable bonds is 5. The van der Waals surface area contributed by atoms with Crippen LogP contribution in [0.1, 0.15) is 37.8 Å². The Balaban J connectivity index is 1.95. The number of thioether (sulfide) groups is 1. The molecule has 1 saturated carbocycles. The summed E-state index contributed by atoms with van der Waals surface area (Å²) in [4.78, 5) is 14.4. The molecule has 3 nitrogen and oxygen atoms in total. The Morgan fingerprint density at radius 3 is 2.75 bits per heavy atom. The minimum absolute atomic E-state index is 0.0309. The van der Waals surface area contributed by atoms with Crippen LogP contribution in [-0.4, -0.2) is 34.9 Å². The van der Waals surface area contributed by atoms with Crippen LogP contribution in [0, 0.1) is 0 Å². The SMILES string of the molecule is CCS[C@@H]1CC[C@H](N(C)C(=O)[C@@H](N)c2ccccc2)C1. The first kappa shape index (κ1) is 15.4. The molecule has 0 radical (unpaired) electrons. The molecule has 0 bridgehead atoms. The molecule has 2 N–H and O–H groups in total. The van der Waals surface area contributed by atoms with Crippen LogP contribution in [0.3, 0.4) is 0 Å². The van der Waals surface area contributed by atoms with Crippen LogP contribution in [0.2, 0.25) is 0 Å². The highest BCUT2D eigenvalue weighted by Crippen LogP contribution is 2.32. The molecule has 0 saturated heterocycles. The van der Waals surface area contributed by atoms with E-state index in [4.69, 9.17) is 5.73 Å². The molecule has 0 spiro atoms. The van der Waals surface area contributed by atoms with Gasteiger partial charge in [-0.05, 0) is 30.6 Å². The van der Waals surface area contributed by atoms with Gasteiger partial charge < -0.3 is 10.6 Å². The highest BCUT2D eigenvalue weighted by Gasteiger charge is 2.31. The molecular formula is C16H24N2OS. The highest BCUT2D eigenvalue weighted by atomic mass is 32.2. The molecule has 1 aromatic rings. The van der Waals surface area contributed by atoms with Gasteiger partial charge in [-0.25, -0.2) is 0 Å². The van der Waals surface area contributed by atoms with Crippen LogP contribution in [-0.2, 0) is 4.79 Å². The second kappa shape index (κ2) is 7.14. The summed E-state index contributed by atoms with van der Waals surface area (Å²) < 4.78 is 0. The first-order valence-corrected chi connectivity index (χ1v) is 8.37. The van der Waals surface area contributed by atoms with E-state index in [1.54, 1.807) is 0 Å². The molecule has 20 heavy (non-hydrogen) atoms. The molecule has 4 heteroatoms. The second-order valence-corrected chi connectivity index (χ2v) is 6.96.